The molecule has 10 heteroatoms. The molecule has 1 heterocycles. The molecule has 1 fully saturated rings. The molecule has 0 bridgehead atoms. The van der Waals surface area contributed by atoms with E-state index >= 15 is 0 Å². The van der Waals surface area contributed by atoms with Crippen LogP contribution in [0.4, 0.5) is 0 Å². The minimum absolute atomic E-state index is 0.188. The molecule has 0 spiro atoms. The molecule has 2 atom stereocenters. The second kappa shape index (κ2) is 7.95. The molecule has 0 aromatic carbocycles. The van der Waals surface area contributed by atoms with Gasteiger partial charge in [-0.3, -0.25) is 14.5 Å². The first-order chi connectivity index (χ1) is 10.2. The highest BCUT2D eigenvalue weighted by Crippen LogP contribution is 2.17. The number of aliphatic imine (C=N–C) groups is 1. The van der Waals surface area contributed by atoms with Crippen LogP contribution in [0.25, 0.3) is 0 Å². The molecule has 1 unspecified atom stereocenters. The lowest BCUT2D eigenvalue weighted by Crippen LogP contribution is -2.45. The van der Waals surface area contributed by atoms with Crippen LogP contribution in [0.1, 0.15) is 25.7 Å². The van der Waals surface area contributed by atoms with E-state index in [-0.39, 0.29) is 24.5 Å². The van der Waals surface area contributed by atoms with Crippen LogP contribution in [-0.4, -0.2) is 56.6 Å². The van der Waals surface area contributed by atoms with Gasteiger partial charge in [-0.25, -0.2) is 8.42 Å². The molecule has 1 aliphatic heterocycles. The van der Waals surface area contributed by atoms with Crippen LogP contribution >= 0.6 is 0 Å². The van der Waals surface area contributed by atoms with Crippen molar-refractivity contribution in [3.8, 4) is 6.07 Å². The Kier molecular flexibility index (Phi) is 6.58. The van der Waals surface area contributed by atoms with Crippen LogP contribution in [0.3, 0.4) is 0 Å². The molecule has 0 radical (unpaired) electrons. The minimum atomic E-state index is -3.43. The molecule has 1 rings (SSSR count). The number of sulfonamides is 1. The maximum Gasteiger partial charge on any atom is 0.240 e. The van der Waals surface area contributed by atoms with Crippen molar-refractivity contribution in [2.45, 2.75) is 37.8 Å². The Morgan fingerprint density at radius 3 is 2.86 bits per heavy atom. The summed E-state index contributed by atoms with van der Waals surface area (Å²) in [7, 11) is -3.43. The Morgan fingerprint density at radius 1 is 1.59 bits per heavy atom. The summed E-state index contributed by atoms with van der Waals surface area (Å²) in [6.45, 7) is 0.825. The van der Waals surface area contributed by atoms with Crippen LogP contribution < -0.4 is 16.2 Å². The maximum atomic E-state index is 12.1. The normalized spacial score (nSPS) is 20.5. The summed E-state index contributed by atoms with van der Waals surface area (Å²) < 4.78 is 23.9. The minimum Gasteiger partial charge on any atom is -0.369 e. The van der Waals surface area contributed by atoms with Gasteiger partial charge >= 0.3 is 0 Å². The molecule has 22 heavy (non-hydrogen) atoms. The number of guanidine groups is 1. The lowest BCUT2D eigenvalue weighted by molar-refractivity contribution is -0.132. The third kappa shape index (κ3) is 5.87. The van der Waals surface area contributed by atoms with Crippen molar-refractivity contribution >= 4 is 21.9 Å². The molecular formula is C12H22N6O3S. The predicted molar refractivity (Wildman–Crippen MR) is 82.0 cm³/mol. The second-order valence-corrected chi connectivity index (χ2v) is 6.96. The first-order valence-corrected chi connectivity index (χ1v) is 8.87. The van der Waals surface area contributed by atoms with E-state index in [1.807, 2.05) is 4.72 Å². The number of nitrogens with two attached hydrogens (primary N) is 2. The fourth-order valence-electron chi connectivity index (χ4n) is 2.23. The van der Waals surface area contributed by atoms with Gasteiger partial charge in [0.25, 0.3) is 0 Å². The topological polar surface area (TPSA) is 155 Å². The highest BCUT2D eigenvalue weighted by Gasteiger charge is 2.31. The smallest absolute Gasteiger partial charge is 0.240 e. The van der Waals surface area contributed by atoms with Crippen LogP contribution in [0.2, 0.25) is 0 Å². The Labute approximate surface area is 130 Å². The number of hydrogen-bond acceptors (Lipinski definition) is 6. The zero-order valence-electron chi connectivity index (χ0n) is 12.5. The Hall–Kier alpha value is -1.86. The average molecular weight is 330 g/mol. The number of nitrogens with zero attached hydrogens (tertiary/aromatic N) is 3. The number of carbonyl (C=O) groups excluding carboxylic acids is 1. The predicted octanol–water partition coefficient (Wildman–Crippen LogP) is -1.53. The number of nitriles is 1. The molecule has 0 aliphatic carbocycles. The van der Waals surface area contributed by atoms with Crippen molar-refractivity contribution in [3.63, 3.8) is 0 Å². The number of likely N-dealkylation sites (tertiary alicyclic amines) is 1. The van der Waals surface area contributed by atoms with Crippen molar-refractivity contribution in [2.75, 3.05) is 19.3 Å². The van der Waals surface area contributed by atoms with Crippen LogP contribution in [-0.2, 0) is 14.8 Å². The SMILES string of the molecule is CS(=O)(=O)NC(N)=NCCC[C@H](N)C(=O)N1CCCC1C#N. The number of hydrogen-bond donors (Lipinski definition) is 3. The van der Waals surface area contributed by atoms with E-state index in [1.165, 1.54) is 4.90 Å². The fourth-order valence-corrected chi connectivity index (χ4v) is 2.68. The molecule has 0 saturated carbocycles. The molecule has 1 saturated heterocycles. The van der Waals surface area contributed by atoms with Gasteiger partial charge in [0.05, 0.1) is 18.4 Å². The van der Waals surface area contributed by atoms with Gasteiger partial charge in [0.1, 0.15) is 6.04 Å². The monoisotopic (exact) mass is 330 g/mol. The summed E-state index contributed by atoms with van der Waals surface area (Å²) in [5.74, 6) is -0.415. The number of rotatable bonds is 6. The van der Waals surface area contributed by atoms with Gasteiger partial charge in [0.2, 0.25) is 21.9 Å². The van der Waals surface area contributed by atoms with Gasteiger partial charge in [0.15, 0.2) is 0 Å². The largest absolute Gasteiger partial charge is 0.369 e. The van der Waals surface area contributed by atoms with Gasteiger partial charge in [-0.15, -0.1) is 0 Å². The molecule has 9 nitrogen and oxygen atoms in total. The third-order valence-electron chi connectivity index (χ3n) is 3.25. The van der Waals surface area contributed by atoms with Crippen molar-refractivity contribution in [3.05, 3.63) is 0 Å². The summed E-state index contributed by atoms with van der Waals surface area (Å²) in [6.07, 6.45) is 3.36. The molecule has 0 aromatic heterocycles. The van der Waals surface area contributed by atoms with Gasteiger partial charge in [-0.05, 0) is 25.7 Å². The van der Waals surface area contributed by atoms with E-state index in [2.05, 4.69) is 11.1 Å². The van der Waals surface area contributed by atoms with Gasteiger partial charge in [-0.1, -0.05) is 0 Å². The van der Waals surface area contributed by atoms with Crippen LogP contribution in [0.15, 0.2) is 4.99 Å². The van der Waals surface area contributed by atoms with E-state index in [4.69, 9.17) is 16.7 Å². The summed E-state index contributed by atoms with van der Waals surface area (Å²) in [4.78, 5) is 17.5. The number of carbonyl (C=O) groups is 1. The zero-order chi connectivity index (χ0) is 16.8. The highest BCUT2D eigenvalue weighted by molar-refractivity contribution is 7.89. The highest BCUT2D eigenvalue weighted by atomic mass is 32.2. The quantitative estimate of drug-likeness (QED) is 0.305. The van der Waals surface area contributed by atoms with E-state index in [9.17, 15) is 13.2 Å². The van der Waals surface area contributed by atoms with Crippen molar-refractivity contribution in [1.82, 2.24) is 9.62 Å². The van der Waals surface area contributed by atoms with E-state index < -0.39 is 16.1 Å². The van der Waals surface area contributed by atoms with Crippen molar-refractivity contribution in [1.29, 1.82) is 5.26 Å². The van der Waals surface area contributed by atoms with Gasteiger partial charge in [0, 0.05) is 13.1 Å². The number of amides is 1. The molecular weight excluding hydrogens is 308 g/mol. The van der Waals surface area contributed by atoms with Crippen LogP contribution in [0.5, 0.6) is 0 Å². The summed E-state index contributed by atoms with van der Waals surface area (Å²) in [5.41, 5.74) is 11.2. The Balaban J connectivity index is 2.37. The summed E-state index contributed by atoms with van der Waals surface area (Å²) >= 11 is 0. The van der Waals surface area contributed by atoms with E-state index in [0.717, 1.165) is 12.7 Å². The summed E-state index contributed by atoms with van der Waals surface area (Å²) in [5, 5.41) is 8.96. The molecule has 1 amide bonds. The maximum absolute atomic E-state index is 12.1. The van der Waals surface area contributed by atoms with Gasteiger partial charge < -0.3 is 16.4 Å². The first kappa shape index (κ1) is 18.2. The standard InChI is InChI=1S/C12H22N6O3S/c1-22(20,21)17-12(15)16-6-2-5-10(14)11(19)18-7-3-4-9(18)8-13/h9-10H,2-7,14H2,1H3,(H3,15,16,17)/t9?,10-/m0/s1. The van der Waals surface area contributed by atoms with E-state index in [0.29, 0.717) is 25.8 Å². The Bertz CT molecular complexity index is 568. The summed E-state index contributed by atoms with van der Waals surface area (Å²) in [6, 6.07) is 1.03. The fraction of sp³-hybridized carbons (Fsp3) is 0.750. The van der Waals surface area contributed by atoms with E-state index in [1.54, 1.807) is 0 Å². The molecule has 0 aromatic rings. The molecule has 5 N–H and O–H groups in total. The lowest BCUT2D eigenvalue weighted by Gasteiger charge is -2.23. The van der Waals surface area contributed by atoms with Crippen LogP contribution in [0, 0.1) is 11.3 Å². The zero-order valence-corrected chi connectivity index (χ0v) is 13.3. The third-order valence-corrected chi connectivity index (χ3v) is 3.83. The molecule has 1 aliphatic rings. The number of nitrogens with one attached hydrogen (secondary N) is 1. The second-order valence-electron chi connectivity index (χ2n) is 5.21. The van der Waals surface area contributed by atoms with Gasteiger partial charge in [-0.2, -0.15) is 5.26 Å². The first-order valence-electron chi connectivity index (χ1n) is 6.98. The van der Waals surface area contributed by atoms with Crippen molar-refractivity contribution in [2.24, 2.45) is 16.5 Å². The average Bonchev–Trinajstić information content (AvgIpc) is 2.88. The Morgan fingerprint density at radius 2 is 2.27 bits per heavy atom. The van der Waals surface area contributed by atoms with Crippen molar-refractivity contribution < 1.29 is 13.2 Å². The molecule has 124 valence electrons. The lowest BCUT2D eigenvalue weighted by atomic mass is 10.1.